The summed E-state index contributed by atoms with van der Waals surface area (Å²) in [6.07, 6.45) is 4.61. The van der Waals surface area contributed by atoms with Gasteiger partial charge in [-0.25, -0.2) is 0 Å². The topological polar surface area (TPSA) is 0 Å². The summed E-state index contributed by atoms with van der Waals surface area (Å²) < 4.78 is 0. The van der Waals surface area contributed by atoms with E-state index in [-0.39, 0.29) is 0 Å². The van der Waals surface area contributed by atoms with Gasteiger partial charge < -0.3 is 0 Å². The molecule has 0 unspecified atom stereocenters. The third-order valence-corrected chi connectivity index (χ3v) is 4.47. The Morgan fingerprint density at radius 3 is 0.792 bits per heavy atom. The fourth-order valence-electron chi connectivity index (χ4n) is 2.86. The average Bonchev–Trinajstić information content (AvgIpc) is 2.61. The molecule has 4 bridgehead atoms. The van der Waals surface area contributed by atoms with E-state index in [1.165, 1.54) is 22.3 Å². The van der Waals surface area contributed by atoms with Crippen LogP contribution in [0.25, 0.3) is 13.2 Å². The highest BCUT2D eigenvalue weighted by Crippen LogP contribution is 2.14. The van der Waals surface area contributed by atoms with Crippen LogP contribution in [0.15, 0.2) is 72.8 Å². The number of rotatable bonds is 0. The Labute approximate surface area is 144 Å². The fourth-order valence-corrected chi connectivity index (χ4v) is 2.86. The molecule has 0 saturated carbocycles. The molecule has 4 aliphatic carbocycles. The first-order chi connectivity index (χ1) is 11.7. The molecule has 120 valence electrons. The van der Waals surface area contributed by atoms with E-state index in [2.05, 4.69) is 61.7 Å². The minimum absolute atomic E-state index is 1.04. The van der Waals surface area contributed by atoms with Gasteiger partial charge in [0.2, 0.25) is 0 Å². The number of hydrogen-bond acceptors (Lipinski definition) is 0. The summed E-state index contributed by atoms with van der Waals surface area (Å²) in [5.74, 6) is 0. The summed E-state index contributed by atoms with van der Waals surface area (Å²) >= 11 is 0. The summed E-state index contributed by atoms with van der Waals surface area (Å²) in [4.78, 5) is 0. The summed E-state index contributed by atoms with van der Waals surface area (Å²) in [5, 5.41) is 2.08. The lowest BCUT2D eigenvalue weighted by atomic mass is 9.97. The van der Waals surface area contributed by atoms with E-state index >= 15 is 0 Å². The first-order valence-corrected chi connectivity index (χ1v) is 8.59. The van der Waals surface area contributed by atoms with Crippen molar-refractivity contribution in [1.82, 2.24) is 0 Å². The van der Waals surface area contributed by atoms with E-state index in [1.54, 1.807) is 0 Å². The number of hydrogen-bond donors (Lipinski definition) is 0. The Balaban J connectivity index is 0.000000179. The molecule has 7 rings (SSSR count). The van der Waals surface area contributed by atoms with Crippen LogP contribution < -0.4 is 10.4 Å². The lowest BCUT2D eigenvalue weighted by Crippen LogP contribution is -2.02. The second-order valence-electron chi connectivity index (χ2n) is 6.45. The Hall–Kier alpha value is -2.60. The maximum atomic E-state index is 3.73. The van der Waals surface area contributed by atoms with Gasteiger partial charge in [0.25, 0.3) is 0 Å². The molecule has 0 aromatic heterocycles. The highest BCUT2D eigenvalue weighted by atomic mass is 14.1. The van der Waals surface area contributed by atoms with Crippen molar-refractivity contribution in [2.45, 2.75) is 25.7 Å². The fraction of sp³-hybridized carbons (Fsp3) is 0.167. The van der Waals surface area contributed by atoms with Crippen molar-refractivity contribution in [2.24, 2.45) is 0 Å². The van der Waals surface area contributed by atoms with E-state index in [0.717, 1.165) is 36.1 Å². The standard InChI is InChI=1S/C16H16.C8H8/c1-2-14-4-3-13(1)9-10-15-5-7-16(8-6-15)12-11-14;1-7-3-5-8(2)6-4-7/h1-8H,9-12H2;3-6H,1-2H2. The molecular weight excluding hydrogens is 288 g/mol. The van der Waals surface area contributed by atoms with E-state index in [0.29, 0.717) is 0 Å². The molecule has 0 N–H and O–H groups in total. The third-order valence-electron chi connectivity index (χ3n) is 4.47. The highest BCUT2D eigenvalue weighted by molar-refractivity contribution is 5.29. The molecule has 0 spiro atoms. The Bertz CT molecular complexity index is 725. The van der Waals surface area contributed by atoms with Gasteiger partial charge in [-0.3, -0.25) is 0 Å². The molecule has 0 nitrogen and oxygen atoms in total. The normalized spacial score (nSPS) is 12.7. The van der Waals surface area contributed by atoms with Crippen LogP contribution in [0.5, 0.6) is 0 Å². The molecule has 3 aromatic carbocycles. The SMILES string of the molecule is C=c1ccc(=C)cc1.c1cc2ccc1CCc1ccc(cc1)CC2. The summed E-state index contributed by atoms with van der Waals surface area (Å²) in [5.41, 5.74) is 5.81. The van der Waals surface area contributed by atoms with Gasteiger partial charge in [0.1, 0.15) is 0 Å². The summed E-state index contributed by atoms with van der Waals surface area (Å²) in [6, 6.07) is 26.0. The van der Waals surface area contributed by atoms with Gasteiger partial charge in [-0.15, -0.1) is 0 Å². The molecule has 0 saturated heterocycles. The van der Waals surface area contributed by atoms with Crippen molar-refractivity contribution >= 4 is 13.2 Å². The van der Waals surface area contributed by atoms with Crippen LogP contribution in [0.2, 0.25) is 0 Å². The zero-order valence-electron chi connectivity index (χ0n) is 14.2. The van der Waals surface area contributed by atoms with Crippen LogP contribution in [0, 0.1) is 0 Å². The Morgan fingerprint density at radius 2 is 0.583 bits per heavy atom. The molecule has 0 heterocycles. The molecular formula is C24H24. The molecule has 0 amide bonds. The molecule has 0 heteroatoms. The van der Waals surface area contributed by atoms with Crippen molar-refractivity contribution in [2.75, 3.05) is 0 Å². The van der Waals surface area contributed by atoms with Crippen LogP contribution in [0.4, 0.5) is 0 Å². The maximum Gasteiger partial charge on any atom is -0.0238 e. The second-order valence-corrected chi connectivity index (χ2v) is 6.45. The van der Waals surface area contributed by atoms with Crippen LogP contribution in [-0.2, 0) is 25.7 Å². The zero-order valence-corrected chi connectivity index (χ0v) is 14.2. The van der Waals surface area contributed by atoms with Gasteiger partial charge in [0.05, 0.1) is 0 Å². The summed E-state index contributed by atoms with van der Waals surface area (Å²) in [7, 11) is 0. The molecule has 0 fully saturated rings. The number of aryl methyl sites for hydroxylation is 4. The maximum absolute atomic E-state index is 3.73. The van der Waals surface area contributed by atoms with Crippen molar-refractivity contribution < 1.29 is 0 Å². The molecule has 24 heavy (non-hydrogen) atoms. The van der Waals surface area contributed by atoms with Gasteiger partial charge in [0.15, 0.2) is 0 Å². The summed E-state index contributed by atoms with van der Waals surface area (Å²) in [6.45, 7) is 7.47. The van der Waals surface area contributed by atoms with Crippen LogP contribution in [0.3, 0.4) is 0 Å². The third kappa shape index (κ3) is 4.70. The predicted molar refractivity (Wildman–Crippen MR) is 104 cm³/mol. The van der Waals surface area contributed by atoms with Crippen LogP contribution in [0.1, 0.15) is 22.3 Å². The predicted octanol–water partition coefficient (Wildman–Crippen LogP) is 4.08. The lowest BCUT2D eigenvalue weighted by molar-refractivity contribution is 0.921. The highest BCUT2D eigenvalue weighted by Gasteiger charge is 2.01. The van der Waals surface area contributed by atoms with E-state index in [1.807, 2.05) is 24.3 Å². The van der Waals surface area contributed by atoms with Gasteiger partial charge >= 0.3 is 0 Å². The van der Waals surface area contributed by atoms with Crippen molar-refractivity contribution in [3.8, 4) is 0 Å². The molecule has 0 atom stereocenters. The molecule has 3 aromatic rings. The van der Waals surface area contributed by atoms with E-state index in [4.69, 9.17) is 0 Å². The first-order valence-electron chi connectivity index (χ1n) is 8.59. The average molecular weight is 312 g/mol. The quantitative estimate of drug-likeness (QED) is 0.587. The zero-order chi connectivity index (χ0) is 16.8. The molecule has 4 aliphatic rings. The smallest absolute Gasteiger partial charge is 0.0238 e. The first kappa shape index (κ1) is 16.3. The Kier molecular flexibility index (Phi) is 5.28. The monoisotopic (exact) mass is 312 g/mol. The lowest BCUT2D eigenvalue weighted by Gasteiger charge is -2.09. The molecule has 0 radical (unpaired) electrons. The van der Waals surface area contributed by atoms with E-state index < -0.39 is 0 Å². The van der Waals surface area contributed by atoms with Crippen molar-refractivity contribution in [3.63, 3.8) is 0 Å². The van der Waals surface area contributed by atoms with Crippen molar-refractivity contribution in [3.05, 3.63) is 105 Å². The Morgan fingerprint density at radius 1 is 0.375 bits per heavy atom. The van der Waals surface area contributed by atoms with Gasteiger partial charge in [-0.05, 0) is 58.4 Å². The molecule has 0 aliphatic heterocycles. The van der Waals surface area contributed by atoms with Crippen molar-refractivity contribution in [1.29, 1.82) is 0 Å². The number of benzene rings is 3. The largest absolute Gasteiger partial charge is 0.0918 e. The van der Waals surface area contributed by atoms with Gasteiger partial charge in [-0.1, -0.05) is 86.0 Å². The van der Waals surface area contributed by atoms with Crippen LogP contribution in [-0.4, -0.2) is 0 Å². The minimum atomic E-state index is 1.04. The van der Waals surface area contributed by atoms with Crippen LogP contribution >= 0.6 is 0 Å². The van der Waals surface area contributed by atoms with Gasteiger partial charge in [0, 0.05) is 0 Å². The second kappa shape index (κ2) is 7.79. The minimum Gasteiger partial charge on any atom is -0.0918 e. The van der Waals surface area contributed by atoms with E-state index in [9.17, 15) is 0 Å². The van der Waals surface area contributed by atoms with Gasteiger partial charge in [-0.2, -0.15) is 0 Å².